The summed E-state index contributed by atoms with van der Waals surface area (Å²) in [5, 5.41) is 9.14. The van der Waals surface area contributed by atoms with Crippen LogP contribution in [0.5, 0.6) is 0 Å². The second-order valence-corrected chi connectivity index (χ2v) is 8.35. The number of thiophene rings is 1. The Kier molecular flexibility index (Phi) is 7.10. The normalized spacial score (nSPS) is 17.6. The largest absolute Gasteiger partial charge is 0.353 e. The summed E-state index contributed by atoms with van der Waals surface area (Å²) < 4.78 is 0. The van der Waals surface area contributed by atoms with Gasteiger partial charge in [-0.1, -0.05) is 24.3 Å². The van der Waals surface area contributed by atoms with E-state index < -0.39 is 0 Å². The molecule has 2 aliphatic rings. The first-order chi connectivity index (χ1) is 13.2. The van der Waals surface area contributed by atoms with Gasteiger partial charge in [0.25, 0.3) is 5.91 Å². The number of fused-ring (bicyclic) bond motifs is 2. The monoisotopic (exact) mass is 419 g/mol. The molecule has 2 heterocycles. The molecule has 7 heteroatoms. The van der Waals surface area contributed by atoms with Crippen molar-refractivity contribution < 1.29 is 9.59 Å². The lowest BCUT2D eigenvalue weighted by atomic mass is 9.94. The second kappa shape index (κ2) is 9.54. The van der Waals surface area contributed by atoms with E-state index in [1.807, 2.05) is 12.1 Å². The van der Waals surface area contributed by atoms with E-state index in [9.17, 15) is 9.59 Å². The molecule has 2 amide bonds. The molecule has 1 atom stereocenters. The summed E-state index contributed by atoms with van der Waals surface area (Å²) in [4.78, 5) is 26.6. The Hall–Kier alpha value is -1.89. The van der Waals surface area contributed by atoms with Crippen LogP contribution < -0.4 is 16.0 Å². The van der Waals surface area contributed by atoms with Crippen LogP contribution in [-0.4, -0.2) is 31.4 Å². The Balaban J connectivity index is 0.00000225. The third kappa shape index (κ3) is 4.74. The Morgan fingerprint density at radius 2 is 1.89 bits per heavy atom. The fraction of sp³-hybridized carbons (Fsp3) is 0.429. The van der Waals surface area contributed by atoms with Crippen LogP contribution in [0, 0.1) is 0 Å². The number of hydrogen-bond acceptors (Lipinski definition) is 4. The highest BCUT2D eigenvalue weighted by molar-refractivity contribution is 7.14. The number of amides is 2. The number of hydrogen-bond donors (Lipinski definition) is 3. The van der Waals surface area contributed by atoms with Crippen LogP contribution in [0.15, 0.2) is 30.3 Å². The van der Waals surface area contributed by atoms with Gasteiger partial charge in [-0.15, -0.1) is 23.7 Å². The van der Waals surface area contributed by atoms with Crippen molar-refractivity contribution >= 4 is 35.6 Å². The zero-order valence-corrected chi connectivity index (χ0v) is 17.4. The molecule has 150 valence electrons. The van der Waals surface area contributed by atoms with Crippen molar-refractivity contribution in [1.82, 2.24) is 16.0 Å². The molecule has 1 aliphatic heterocycles. The molecular formula is C21H26ClN3O2S. The quantitative estimate of drug-likeness (QED) is 0.697. The number of aryl methyl sites for hydroxylation is 2. The molecule has 0 radical (unpaired) electrons. The molecule has 0 saturated carbocycles. The molecule has 5 nitrogen and oxygen atoms in total. The van der Waals surface area contributed by atoms with Crippen molar-refractivity contribution in [3.05, 3.63) is 56.8 Å². The molecule has 0 saturated heterocycles. The first-order valence-electron chi connectivity index (χ1n) is 9.68. The van der Waals surface area contributed by atoms with Gasteiger partial charge in [-0.2, -0.15) is 0 Å². The van der Waals surface area contributed by atoms with E-state index in [-0.39, 0.29) is 36.8 Å². The molecular weight excluding hydrogens is 394 g/mol. The SMILES string of the molecule is Cl.O=C(CNC(=O)c1cc2c(s1)CCCC2)NCC1NCCc2ccccc21. The van der Waals surface area contributed by atoms with Gasteiger partial charge in [0.2, 0.25) is 5.91 Å². The van der Waals surface area contributed by atoms with Crippen LogP contribution in [0.2, 0.25) is 0 Å². The maximum Gasteiger partial charge on any atom is 0.261 e. The highest BCUT2D eigenvalue weighted by Crippen LogP contribution is 2.29. The fourth-order valence-corrected chi connectivity index (χ4v) is 5.07. The number of rotatable bonds is 5. The molecule has 0 bridgehead atoms. The highest BCUT2D eigenvalue weighted by Gasteiger charge is 2.20. The lowest BCUT2D eigenvalue weighted by molar-refractivity contribution is -0.120. The summed E-state index contributed by atoms with van der Waals surface area (Å²) in [6.07, 6.45) is 5.56. The van der Waals surface area contributed by atoms with E-state index in [4.69, 9.17) is 0 Å². The van der Waals surface area contributed by atoms with Crippen molar-refractivity contribution in [3.8, 4) is 0 Å². The summed E-state index contributed by atoms with van der Waals surface area (Å²) in [7, 11) is 0. The Bertz CT molecular complexity index is 828. The van der Waals surface area contributed by atoms with Crippen LogP contribution in [0.1, 0.15) is 50.1 Å². The van der Waals surface area contributed by atoms with Crippen LogP contribution in [-0.2, 0) is 24.1 Å². The first kappa shape index (κ1) is 20.8. The van der Waals surface area contributed by atoms with Crippen molar-refractivity contribution in [2.24, 2.45) is 0 Å². The second-order valence-electron chi connectivity index (χ2n) is 7.21. The predicted octanol–water partition coefficient (Wildman–Crippen LogP) is 2.78. The van der Waals surface area contributed by atoms with E-state index in [1.54, 1.807) is 11.3 Å². The van der Waals surface area contributed by atoms with Crippen molar-refractivity contribution in [2.45, 2.75) is 38.1 Å². The third-order valence-corrected chi connectivity index (χ3v) is 6.58. The van der Waals surface area contributed by atoms with Gasteiger partial charge in [-0.25, -0.2) is 0 Å². The predicted molar refractivity (Wildman–Crippen MR) is 114 cm³/mol. The Morgan fingerprint density at radius 1 is 1.07 bits per heavy atom. The summed E-state index contributed by atoms with van der Waals surface area (Å²) in [5.41, 5.74) is 3.89. The zero-order chi connectivity index (χ0) is 18.6. The minimum atomic E-state index is -0.158. The lowest BCUT2D eigenvalue weighted by Crippen LogP contribution is -2.42. The molecule has 1 aromatic carbocycles. The van der Waals surface area contributed by atoms with Crippen LogP contribution in [0.25, 0.3) is 0 Å². The van der Waals surface area contributed by atoms with Gasteiger partial charge in [-0.05, 0) is 61.4 Å². The van der Waals surface area contributed by atoms with Crippen molar-refractivity contribution in [1.29, 1.82) is 0 Å². The van der Waals surface area contributed by atoms with Gasteiger partial charge in [0.05, 0.1) is 11.4 Å². The summed E-state index contributed by atoms with van der Waals surface area (Å²) in [6.45, 7) is 1.45. The average Bonchev–Trinajstić information content (AvgIpc) is 3.15. The van der Waals surface area contributed by atoms with Crippen LogP contribution in [0.4, 0.5) is 0 Å². The molecule has 1 aromatic heterocycles. The van der Waals surface area contributed by atoms with Gasteiger partial charge < -0.3 is 16.0 Å². The minimum absolute atomic E-state index is 0. The molecule has 0 spiro atoms. The maximum absolute atomic E-state index is 12.3. The van der Waals surface area contributed by atoms with Gasteiger partial charge in [0.1, 0.15) is 0 Å². The molecule has 28 heavy (non-hydrogen) atoms. The number of nitrogens with one attached hydrogen (secondary N) is 3. The Labute approximate surface area is 175 Å². The zero-order valence-electron chi connectivity index (χ0n) is 15.8. The van der Waals surface area contributed by atoms with Gasteiger partial charge in [-0.3, -0.25) is 9.59 Å². The number of carbonyl (C=O) groups is 2. The summed E-state index contributed by atoms with van der Waals surface area (Å²) >= 11 is 1.57. The number of benzene rings is 1. The molecule has 3 N–H and O–H groups in total. The average molecular weight is 420 g/mol. The Morgan fingerprint density at radius 3 is 2.75 bits per heavy atom. The standard InChI is InChI=1S/C21H25N3O2S.ClH/c25-20(23-12-17-16-7-3-1-5-14(16)9-10-22-17)13-24-21(26)19-11-15-6-2-4-8-18(15)27-19;/h1,3,5,7,11,17,22H,2,4,6,8-10,12-13H2,(H,23,25)(H,24,26);1H. The van der Waals surface area contributed by atoms with Gasteiger partial charge >= 0.3 is 0 Å². The first-order valence-corrected chi connectivity index (χ1v) is 10.5. The van der Waals surface area contributed by atoms with Crippen molar-refractivity contribution in [3.63, 3.8) is 0 Å². The summed E-state index contributed by atoms with van der Waals surface area (Å²) in [6, 6.07) is 10.5. The molecule has 1 unspecified atom stereocenters. The fourth-order valence-electron chi connectivity index (χ4n) is 3.90. The minimum Gasteiger partial charge on any atom is -0.353 e. The van der Waals surface area contributed by atoms with Crippen LogP contribution in [0.3, 0.4) is 0 Å². The number of halogens is 1. The highest BCUT2D eigenvalue weighted by atomic mass is 35.5. The topological polar surface area (TPSA) is 70.2 Å². The lowest BCUT2D eigenvalue weighted by Gasteiger charge is -2.27. The van der Waals surface area contributed by atoms with E-state index in [0.717, 1.165) is 30.7 Å². The summed E-state index contributed by atoms with van der Waals surface area (Å²) in [5.74, 6) is -0.305. The molecule has 1 aliphatic carbocycles. The third-order valence-electron chi connectivity index (χ3n) is 5.35. The number of carbonyl (C=O) groups excluding carboxylic acids is 2. The maximum atomic E-state index is 12.3. The van der Waals surface area contributed by atoms with Gasteiger partial charge in [0.15, 0.2) is 0 Å². The van der Waals surface area contributed by atoms with E-state index in [2.05, 4.69) is 34.1 Å². The van der Waals surface area contributed by atoms with Gasteiger partial charge in [0, 0.05) is 17.5 Å². The van der Waals surface area contributed by atoms with E-state index >= 15 is 0 Å². The van der Waals surface area contributed by atoms with E-state index in [1.165, 1.54) is 34.4 Å². The smallest absolute Gasteiger partial charge is 0.261 e. The molecule has 4 rings (SSSR count). The van der Waals surface area contributed by atoms with E-state index in [0.29, 0.717) is 6.54 Å². The van der Waals surface area contributed by atoms with Crippen molar-refractivity contribution in [2.75, 3.05) is 19.6 Å². The molecule has 0 fully saturated rings. The molecule has 2 aromatic rings. The van der Waals surface area contributed by atoms with Crippen LogP contribution >= 0.6 is 23.7 Å².